The second kappa shape index (κ2) is 7.24. The zero-order chi connectivity index (χ0) is 15.3. The molecule has 6 nitrogen and oxygen atoms in total. The number of hydrazine groups is 1. The van der Waals surface area contributed by atoms with Gasteiger partial charge in [0.15, 0.2) is 0 Å². The summed E-state index contributed by atoms with van der Waals surface area (Å²) in [5.41, 5.74) is 2.83. The molecule has 0 bridgehead atoms. The van der Waals surface area contributed by atoms with Gasteiger partial charge in [0.1, 0.15) is 5.60 Å². The second-order valence-corrected chi connectivity index (χ2v) is 6.56. The van der Waals surface area contributed by atoms with E-state index in [1.54, 1.807) is 4.90 Å². The fourth-order valence-corrected chi connectivity index (χ4v) is 2.31. The number of nitrogens with zero attached hydrogens (tertiary/aromatic N) is 2. The maximum absolute atomic E-state index is 12.2. The fourth-order valence-electron chi connectivity index (χ4n) is 2.31. The summed E-state index contributed by atoms with van der Waals surface area (Å²) in [6, 6.07) is 0.322. The van der Waals surface area contributed by atoms with Gasteiger partial charge < -0.3 is 14.4 Å². The highest BCUT2D eigenvalue weighted by Gasteiger charge is 2.31. The van der Waals surface area contributed by atoms with Crippen molar-refractivity contribution in [3.63, 3.8) is 0 Å². The first-order chi connectivity index (χ1) is 9.19. The molecule has 6 heteroatoms. The van der Waals surface area contributed by atoms with Crippen molar-refractivity contribution in [1.82, 2.24) is 15.3 Å². The van der Waals surface area contributed by atoms with Crippen LogP contribution >= 0.6 is 0 Å². The highest BCUT2D eigenvalue weighted by molar-refractivity contribution is 5.68. The monoisotopic (exact) mass is 287 g/mol. The van der Waals surface area contributed by atoms with E-state index >= 15 is 0 Å². The van der Waals surface area contributed by atoms with Gasteiger partial charge in [-0.15, -0.1) is 0 Å². The molecule has 0 saturated carbocycles. The number of amides is 1. The molecule has 1 amide bonds. The Balaban J connectivity index is 2.60. The molecule has 0 aromatic heterocycles. The molecular formula is C14H29N3O3. The molecule has 1 aliphatic heterocycles. The summed E-state index contributed by atoms with van der Waals surface area (Å²) in [6.07, 6.45) is 0.583. The van der Waals surface area contributed by atoms with Gasteiger partial charge in [-0.1, -0.05) is 0 Å². The van der Waals surface area contributed by atoms with Crippen molar-refractivity contribution in [3.8, 4) is 0 Å². The van der Waals surface area contributed by atoms with Crippen LogP contribution in [0.25, 0.3) is 0 Å². The van der Waals surface area contributed by atoms with E-state index in [2.05, 4.69) is 12.3 Å². The second-order valence-electron chi connectivity index (χ2n) is 6.56. The first-order valence-corrected chi connectivity index (χ1v) is 7.20. The Hall–Kier alpha value is -0.850. The number of morpholine rings is 1. The molecule has 0 radical (unpaired) electrons. The van der Waals surface area contributed by atoms with Crippen molar-refractivity contribution < 1.29 is 14.3 Å². The van der Waals surface area contributed by atoms with Crippen molar-refractivity contribution in [3.05, 3.63) is 0 Å². The molecule has 1 saturated heterocycles. The first kappa shape index (κ1) is 17.2. The van der Waals surface area contributed by atoms with Crippen molar-refractivity contribution in [1.29, 1.82) is 0 Å². The van der Waals surface area contributed by atoms with E-state index < -0.39 is 5.60 Å². The minimum absolute atomic E-state index is 0.0565. The Bertz CT molecular complexity index is 315. The van der Waals surface area contributed by atoms with Crippen LogP contribution < -0.4 is 5.43 Å². The van der Waals surface area contributed by atoms with Crippen LogP contribution in [0.4, 0.5) is 4.79 Å². The van der Waals surface area contributed by atoms with E-state index in [0.29, 0.717) is 19.8 Å². The third-order valence-electron chi connectivity index (χ3n) is 2.96. The van der Waals surface area contributed by atoms with Gasteiger partial charge in [0.2, 0.25) is 0 Å². The summed E-state index contributed by atoms with van der Waals surface area (Å²) in [6.45, 7) is 9.49. The van der Waals surface area contributed by atoms with Crippen LogP contribution in [0, 0.1) is 0 Å². The quantitative estimate of drug-likeness (QED) is 0.794. The van der Waals surface area contributed by atoms with Crippen LogP contribution in [0.1, 0.15) is 34.1 Å². The average Bonchev–Trinajstić information content (AvgIpc) is 2.25. The van der Waals surface area contributed by atoms with Crippen molar-refractivity contribution in [2.24, 2.45) is 0 Å². The molecule has 20 heavy (non-hydrogen) atoms. The molecule has 1 fully saturated rings. The van der Waals surface area contributed by atoms with Crippen molar-refractivity contribution >= 4 is 6.09 Å². The Labute approximate surface area is 122 Å². The Kier molecular flexibility index (Phi) is 6.23. The number of hydrogen-bond donors (Lipinski definition) is 1. The Morgan fingerprint density at radius 3 is 2.70 bits per heavy atom. The Morgan fingerprint density at radius 1 is 1.50 bits per heavy atom. The van der Waals surface area contributed by atoms with Crippen LogP contribution in [0.5, 0.6) is 0 Å². The normalized spacial score (nSPS) is 21.9. The van der Waals surface area contributed by atoms with Crippen LogP contribution in [-0.2, 0) is 9.47 Å². The number of rotatable bonds is 4. The topological polar surface area (TPSA) is 54.0 Å². The van der Waals surface area contributed by atoms with E-state index in [4.69, 9.17) is 9.47 Å². The SMILES string of the molecule is CC(CC1COCCN1C(=O)OC(C)(C)C)NN(C)C. The zero-order valence-electron chi connectivity index (χ0n) is 13.6. The number of hydrogen-bond acceptors (Lipinski definition) is 5. The number of ether oxygens (including phenoxy) is 2. The van der Waals surface area contributed by atoms with E-state index in [1.807, 2.05) is 39.9 Å². The maximum Gasteiger partial charge on any atom is 0.410 e. The molecule has 1 N–H and O–H groups in total. The lowest BCUT2D eigenvalue weighted by atomic mass is 10.1. The van der Waals surface area contributed by atoms with E-state index in [9.17, 15) is 4.79 Å². The van der Waals surface area contributed by atoms with Gasteiger partial charge in [-0.2, -0.15) is 0 Å². The van der Waals surface area contributed by atoms with Gasteiger partial charge in [-0.05, 0) is 34.1 Å². The number of carbonyl (C=O) groups is 1. The standard InChI is InChI=1S/C14H29N3O3/c1-11(15-16(5)6)9-12-10-19-8-7-17(12)13(18)20-14(2,3)4/h11-12,15H,7-10H2,1-6H3. The smallest absolute Gasteiger partial charge is 0.410 e. The molecule has 0 aliphatic carbocycles. The van der Waals surface area contributed by atoms with Crippen LogP contribution in [0.2, 0.25) is 0 Å². The van der Waals surface area contributed by atoms with E-state index in [-0.39, 0.29) is 18.2 Å². The minimum Gasteiger partial charge on any atom is -0.444 e. The maximum atomic E-state index is 12.2. The van der Waals surface area contributed by atoms with Crippen LogP contribution in [0.15, 0.2) is 0 Å². The summed E-state index contributed by atoms with van der Waals surface area (Å²) >= 11 is 0. The van der Waals surface area contributed by atoms with Gasteiger partial charge >= 0.3 is 6.09 Å². The van der Waals surface area contributed by atoms with Gasteiger partial charge in [0.05, 0.1) is 19.3 Å². The van der Waals surface area contributed by atoms with E-state index in [1.165, 1.54) is 0 Å². The third kappa shape index (κ3) is 6.07. The van der Waals surface area contributed by atoms with Gasteiger partial charge in [0, 0.05) is 26.7 Å². The Morgan fingerprint density at radius 2 is 2.15 bits per heavy atom. The molecule has 1 heterocycles. The summed E-state index contributed by atoms with van der Waals surface area (Å²) in [7, 11) is 3.92. The van der Waals surface area contributed by atoms with Crippen LogP contribution in [0.3, 0.4) is 0 Å². The molecule has 1 rings (SSSR count). The molecule has 0 aromatic rings. The molecule has 2 atom stereocenters. The molecular weight excluding hydrogens is 258 g/mol. The summed E-state index contributed by atoms with van der Waals surface area (Å²) < 4.78 is 11.0. The molecule has 1 aliphatic rings. The van der Waals surface area contributed by atoms with E-state index in [0.717, 1.165) is 6.42 Å². The minimum atomic E-state index is -0.465. The highest BCUT2D eigenvalue weighted by Crippen LogP contribution is 2.17. The van der Waals surface area contributed by atoms with Crippen molar-refractivity contribution in [2.45, 2.75) is 51.8 Å². The van der Waals surface area contributed by atoms with Gasteiger partial charge in [0.25, 0.3) is 0 Å². The number of carbonyl (C=O) groups excluding carboxylic acids is 1. The molecule has 0 aromatic carbocycles. The lowest BCUT2D eigenvalue weighted by Gasteiger charge is -2.38. The predicted octanol–water partition coefficient (Wildman–Crippen LogP) is 1.47. The molecule has 118 valence electrons. The molecule has 0 spiro atoms. The average molecular weight is 287 g/mol. The highest BCUT2D eigenvalue weighted by atomic mass is 16.6. The summed E-state index contributed by atoms with van der Waals surface area (Å²) in [4.78, 5) is 14.0. The number of nitrogens with one attached hydrogen (secondary N) is 1. The summed E-state index contributed by atoms with van der Waals surface area (Å²) in [5.74, 6) is 0. The zero-order valence-corrected chi connectivity index (χ0v) is 13.6. The van der Waals surface area contributed by atoms with Gasteiger partial charge in [-0.3, -0.25) is 10.4 Å². The first-order valence-electron chi connectivity index (χ1n) is 7.20. The third-order valence-corrected chi connectivity index (χ3v) is 2.96. The largest absolute Gasteiger partial charge is 0.444 e. The van der Waals surface area contributed by atoms with Gasteiger partial charge in [-0.25, -0.2) is 4.79 Å². The van der Waals surface area contributed by atoms with Crippen molar-refractivity contribution in [2.75, 3.05) is 33.9 Å². The lowest BCUT2D eigenvalue weighted by Crippen LogP contribution is -2.53. The fraction of sp³-hybridized carbons (Fsp3) is 0.929. The summed E-state index contributed by atoms with van der Waals surface area (Å²) in [5, 5.41) is 1.92. The lowest BCUT2D eigenvalue weighted by molar-refractivity contribution is -0.0367. The predicted molar refractivity (Wildman–Crippen MR) is 78.4 cm³/mol. The molecule has 2 unspecified atom stereocenters. The van der Waals surface area contributed by atoms with Crippen LogP contribution in [-0.4, -0.2) is 67.5 Å².